The van der Waals surface area contributed by atoms with Gasteiger partial charge in [0.25, 0.3) is 0 Å². The summed E-state index contributed by atoms with van der Waals surface area (Å²) < 4.78 is 77.3. The number of benzene rings is 2. The Kier molecular flexibility index (Phi) is 6.13. The molecule has 11 heteroatoms. The van der Waals surface area contributed by atoms with Crippen LogP contribution in [0.25, 0.3) is 0 Å². The molecule has 1 N–H and O–H groups in total. The number of carbonyl (C=O) groups excluding carboxylic acids is 1. The molecule has 0 atom stereocenters. The predicted octanol–water partition coefficient (Wildman–Crippen LogP) is 3.76. The first-order chi connectivity index (χ1) is 12.4. The molecule has 0 bridgehead atoms. The van der Waals surface area contributed by atoms with Crippen molar-refractivity contribution in [2.24, 2.45) is 0 Å². The van der Waals surface area contributed by atoms with Gasteiger partial charge < -0.3 is 5.32 Å². The summed E-state index contributed by atoms with van der Waals surface area (Å²) in [4.78, 5) is 11.8. The second-order valence-electron chi connectivity index (χ2n) is 5.45. The molecular weight excluding hydrogens is 412 g/mol. The first-order valence-electron chi connectivity index (χ1n) is 7.30. The molecular formula is C16H13ClF4N2O3S. The first kappa shape index (κ1) is 21.1. The van der Waals surface area contributed by atoms with E-state index in [1.165, 1.54) is 0 Å². The van der Waals surface area contributed by atoms with Gasteiger partial charge in [-0.25, -0.2) is 12.8 Å². The first-order valence-corrected chi connectivity index (χ1v) is 9.11. The van der Waals surface area contributed by atoms with Crippen LogP contribution in [0.2, 0.25) is 5.02 Å². The number of carbonyl (C=O) groups is 1. The van der Waals surface area contributed by atoms with E-state index < -0.39 is 45.7 Å². The van der Waals surface area contributed by atoms with Crippen molar-refractivity contribution < 1.29 is 30.8 Å². The van der Waals surface area contributed by atoms with Gasteiger partial charge in [-0.05, 0) is 42.5 Å². The fourth-order valence-corrected chi connectivity index (χ4v) is 3.42. The van der Waals surface area contributed by atoms with Crippen LogP contribution in [0.5, 0.6) is 0 Å². The predicted molar refractivity (Wildman–Crippen MR) is 91.3 cm³/mol. The third-order valence-corrected chi connectivity index (χ3v) is 5.50. The number of anilines is 1. The maximum absolute atomic E-state index is 13.0. The number of likely N-dealkylation sites (N-methyl/N-ethyl adjacent to an activating group) is 1. The zero-order valence-electron chi connectivity index (χ0n) is 13.7. The number of hydrogen-bond acceptors (Lipinski definition) is 3. The van der Waals surface area contributed by atoms with E-state index in [1.54, 1.807) is 0 Å². The Morgan fingerprint density at radius 3 is 2.30 bits per heavy atom. The lowest BCUT2D eigenvalue weighted by Gasteiger charge is -2.18. The number of nitrogens with one attached hydrogen (secondary N) is 1. The van der Waals surface area contributed by atoms with E-state index in [2.05, 4.69) is 0 Å². The third kappa shape index (κ3) is 5.18. The molecule has 1 amide bonds. The van der Waals surface area contributed by atoms with Crippen molar-refractivity contribution in [2.75, 3.05) is 18.9 Å². The molecule has 146 valence electrons. The summed E-state index contributed by atoms with van der Waals surface area (Å²) in [7, 11) is -3.05. The van der Waals surface area contributed by atoms with Gasteiger partial charge in [0.2, 0.25) is 15.9 Å². The summed E-state index contributed by atoms with van der Waals surface area (Å²) in [6.45, 7) is -0.750. The molecule has 5 nitrogen and oxygen atoms in total. The summed E-state index contributed by atoms with van der Waals surface area (Å²) in [5, 5.41) is 1.85. The fourth-order valence-electron chi connectivity index (χ4n) is 2.12. The lowest BCUT2D eigenvalue weighted by molar-refractivity contribution is -0.137. The second kappa shape index (κ2) is 7.83. The average molecular weight is 425 g/mol. The highest BCUT2D eigenvalue weighted by molar-refractivity contribution is 7.89. The van der Waals surface area contributed by atoms with Crippen LogP contribution in [-0.4, -0.2) is 32.2 Å². The van der Waals surface area contributed by atoms with E-state index in [0.29, 0.717) is 10.4 Å². The van der Waals surface area contributed by atoms with Gasteiger partial charge in [0.15, 0.2) is 0 Å². The minimum Gasteiger partial charge on any atom is -0.324 e. The van der Waals surface area contributed by atoms with Gasteiger partial charge in [0.05, 0.1) is 22.7 Å². The molecule has 0 unspecified atom stereocenters. The number of hydrogen-bond donors (Lipinski definition) is 1. The Labute approximate surface area is 157 Å². The molecule has 0 saturated heterocycles. The third-order valence-electron chi connectivity index (χ3n) is 3.45. The van der Waals surface area contributed by atoms with Crippen LogP contribution in [-0.2, 0) is 21.0 Å². The van der Waals surface area contributed by atoms with E-state index in [0.717, 1.165) is 43.4 Å². The molecule has 2 rings (SSSR count). The lowest BCUT2D eigenvalue weighted by Crippen LogP contribution is -2.35. The van der Waals surface area contributed by atoms with Gasteiger partial charge in [-0.15, -0.1) is 0 Å². The van der Waals surface area contributed by atoms with Crippen LogP contribution in [0, 0.1) is 5.82 Å². The quantitative estimate of drug-likeness (QED) is 0.743. The fraction of sp³-hybridized carbons (Fsp3) is 0.188. The monoisotopic (exact) mass is 424 g/mol. The van der Waals surface area contributed by atoms with Crippen molar-refractivity contribution >= 4 is 33.2 Å². The van der Waals surface area contributed by atoms with Crippen molar-refractivity contribution in [3.8, 4) is 0 Å². The summed E-state index contributed by atoms with van der Waals surface area (Å²) in [5.74, 6) is -1.63. The summed E-state index contributed by atoms with van der Waals surface area (Å²) in [5.41, 5.74) is -1.71. The minimum atomic E-state index is -4.76. The van der Waals surface area contributed by atoms with Crippen LogP contribution >= 0.6 is 11.6 Å². The van der Waals surface area contributed by atoms with Crippen LogP contribution in [0.1, 0.15) is 5.56 Å². The summed E-state index contributed by atoms with van der Waals surface area (Å²) in [6.07, 6.45) is -4.76. The van der Waals surface area contributed by atoms with Crippen LogP contribution < -0.4 is 5.32 Å². The molecule has 0 radical (unpaired) electrons. The largest absolute Gasteiger partial charge is 0.418 e. The SMILES string of the molecule is CN(CC(=O)Nc1ccc(Cl)cc1C(F)(F)F)S(=O)(=O)c1ccc(F)cc1. The zero-order valence-corrected chi connectivity index (χ0v) is 15.3. The molecule has 27 heavy (non-hydrogen) atoms. The normalized spacial score (nSPS) is 12.3. The summed E-state index contributed by atoms with van der Waals surface area (Å²) in [6, 6.07) is 6.67. The van der Waals surface area contributed by atoms with Gasteiger partial charge in [-0.3, -0.25) is 4.79 Å². The lowest BCUT2D eigenvalue weighted by atomic mass is 10.1. The van der Waals surface area contributed by atoms with Crippen molar-refractivity contribution in [1.29, 1.82) is 0 Å². The Morgan fingerprint density at radius 1 is 1.15 bits per heavy atom. The Morgan fingerprint density at radius 2 is 1.74 bits per heavy atom. The molecule has 0 aliphatic heterocycles. The van der Waals surface area contributed by atoms with Crippen molar-refractivity contribution in [3.05, 3.63) is 58.9 Å². The van der Waals surface area contributed by atoms with E-state index in [4.69, 9.17) is 11.6 Å². The Bertz CT molecular complexity index is 947. The van der Waals surface area contributed by atoms with Gasteiger partial charge in [-0.1, -0.05) is 11.6 Å². The Hall–Kier alpha value is -2.17. The van der Waals surface area contributed by atoms with E-state index >= 15 is 0 Å². The highest BCUT2D eigenvalue weighted by atomic mass is 35.5. The van der Waals surface area contributed by atoms with Crippen molar-refractivity contribution in [2.45, 2.75) is 11.1 Å². The van der Waals surface area contributed by atoms with E-state index in [1.807, 2.05) is 5.32 Å². The molecule has 0 aliphatic carbocycles. The standard InChI is InChI=1S/C16H13ClF4N2O3S/c1-23(27(25,26)12-5-3-11(18)4-6-12)9-15(24)22-14-7-2-10(17)8-13(14)16(19,20)21/h2-8H,9H2,1H3,(H,22,24). The molecule has 0 spiro atoms. The highest BCUT2D eigenvalue weighted by Gasteiger charge is 2.34. The smallest absolute Gasteiger partial charge is 0.324 e. The minimum absolute atomic E-state index is 0.170. The molecule has 0 saturated carbocycles. The van der Waals surface area contributed by atoms with Gasteiger partial charge in [0, 0.05) is 12.1 Å². The average Bonchev–Trinajstić information content (AvgIpc) is 2.55. The second-order valence-corrected chi connectivity index (χ2v) is 7.93. The number of alkyl halides is 3. The van der Waals surface area contributed by atoms with Crippen LogP contribution in [0.3, 0.4) is 0 Å². The van der Waals surface area contributed by atoms with Gasteiger partial charge in [-0.2, -0.15) is 17.5 Å². The van der Waals surface area contributed by atoms with Gasteiger partial charge in [0.1, 0.15) is 5.82 Å². The molecule has 0 heterocycles. The zero-order chi connectivity index (χ0) is 20.4. The highest BCUT2D eigenvalue weighted by Crippen LogP contribution is 2.36. The van der Waals surface area contributed by atoms with Crippen molar-refractivity contribution in [1.82, 2.24) is 4.31 Å². The molecule has 2 aromatic rings. The van der Waals surface area contributed by atoms with Crippen LogP contribution in [0.4, 0.5) is 23.2 Å². The Balaban J connectivity index is 2.17. The van der Waals surface area contributed by atoms with E-state index in [-0.39, 0.29) is 9.92 Å². The van der Waals surface area contributed by atoms with Crippen molar-refractivity contribution in [3.63, 3.8) is 0 Å². The molecule has 0 aromatic heterocycles. The van der Waals surface area contributed by atoms with Crippen LogP contribution in [0.15, 0.2) is 47.4 Å². The number of rotatable bonds is 5. The number of halogens is 5. The number of amides is 1. The number of nitrogens with zero attached hydrogens (tertiary/aromatic N) is 1. The maximum atomic E-state index is 13.0. The summed E-state index contributed by atoms with van der Waals surface area (Å²) >= 11 is 5.56. The molecule has 2 aromatic carbocycles. The molecule has 0 fully saturated rings. The number of sulfonamides is 1. The maximum Gasteiger partial charge on any atom is 0.418 e. The van der Waals surface area contributed by atoms with E-state index in [9.17, 15) is 30.8 Å². The van der Waals surface area contributed by atoms with Gasteiger partial charge >= 0.3 is 6.18 Å². The topological polar surface area (TPSA) is 66.5 Å². The molecule has 0 aliphatic rings.